The van der Waals surface area contributed by atoms with Crippen LogP contribution < -0.4 is 0 Å². The van der Waals surface area contributed by atoms with Gasteiger partial charge in [-0.2, -0.15) is 0 Å². The minimum atomic E-state index is -0.144. The number of ether oxygens (including phenoxy) is 1. The molecule has 1 aromatic carbocycles. The van der Waals surface area contributed by atoms with E-state index < -0.39 is 0 Å². The number of hydrogen-bond acceptors (Lipinski definition) is 2. The van der Waals surface area contributed by atoms with Crippen LogP contribution in [0.4, 0.5) is 4.79 Å². The number of aryl methyl sites for hydroxylation is 1. The maximum absolute atomic E-state index is 12.3. The van der Waals surface area contributed by atoms with Crippen LogP contribution in [0.3, 0.4) is 0 Å². The number of cyclic esters (lactones) is 1. The van der Waals surface area contributed by atoms with Gasteiger partial charge in [0, 0.05) is 6.04 Å². The lowest BCUT2D eigenvalue weighted by Crippen LogP contribution is -2.43. The molecule has 2 atom stereocenters. The monoisotopic (exact) mass is 299 g/mol. The van der Waals surface area contributed by atoms with Gasteiger partial charge in [-0.05, 0) is 31.2 Å². The minimum Gasteiger partial charge on any atom is -0.444 e. The zero-order valence-electron chi connectivity index (χ0n) is 13.1. The van der Waals surface area contributed by atoms with Crippen molar-refractivity contribution >= 4 is 6.09 Å². The summed E-state index contributed by atoms with van der Waals surface area (Å²) in [7, 11) is 0. The van der Waals surface area contributed by atoms with E-state index in [1.165, 1.54) is 24.8 Å². The van der Waals surface area contributed by atoms with Gasteiger partial charge >= 0.3 is 6.09 Å². The predicted molar refractivity (Wildman–Crippen MR) is 87.7 cm³/mol. The van der Waals surface area contributed by atoms with Crippen molar-refractivity contribution in [2.24, 2.45) is 0 Å². The van der Waals surface area contributed by atoms with Crippen LogP contribution in [0, 0.1) is 0 Å². The summed E-state index contributed by atoms with van der Waals surface area (Å²) >= 11 is 0. The normalized spacial score (nSPS) is 26.0. The summed E-state index contributed by atoms with van der Waals surface area (Å²) in [6.07, 6.45) is 9.40. The Morgan fingerprint density at radius 1 is 1.18 bits per heavy atom. The van der Waals surface area contributed by atoms with Crippen LogP contribution in [-0.2, 0) is 11.2 Å². The van der Waals surface area contributed by atoms with E-state index in [2.05, 4.69) is 30.8 Å². The van der Waals surface area contributed by atoms with Crippen LogP contribution in [0.25, 0.3) is 0 Å². The van der Waals surface area contributed by atoms with E-state index in [9.17, 15) is 4.79 Å². The third-order valence-electron chi connectivity index (χ3n) is 4.94. The molecule has 3 rings (SSSR count). The molecular formula is C19H25NO2. The minimum absolute atomic E-state index is 0.0271. The van der Waals surface area contributed by atoms with Crippen molar-refractivity contribution in [1.29, 1.82) is 0 Å². The molecule has 118 valence electrons. The summed E-state index contributed by atoms with van der Waals surface area (Å²) in [5.74, 6) is 0. The van der Waals surface area contributed by atoms with Gasteiger partial charge in [-0.25, -0.2) is 4.79 Å². The number of carbonyl (C=O) groups excluding carboxylic acids is 1. The van der Waals surface area contributed by atoms with Crippen LogP contribution in [0.5, 0.6) is 0 Å². The molecule has 3 heteroatoms. The molecule has 1 aromatic rings. The molecule has 2 aliphatic rings. The van der Waals surface area contributed by atoms with Gasteiger partial charge in [-0.15, -0.1) is 6.58 Å². The summed E-state index contributed by atoms with van der Waals surface area (Å²) in [6.45, 7) is 3.95. The number of carbonyl (C=O) groups is 1. The van der Waals surface area contributed by atoms with Gasteiger partial charge in [0.2, 0.25) is 0 Å². The zero-order chi connectivity index (χ0) is 15.4. The van der Waals surface area contributed by atoms with Crippen LogP contribution in [-0.4, -0.2) is 29.2 Å². The molecule has 0 spiro atoms. The lowest BCUT2D eigenvalue weighted by Gasteiger charge is -2.33. The molecule has 1 aliphatic heterocycles. The maximum Gasteiger partial charge on any atom is 0.411 e. The molecular weight excluding hydrogens is 274 g/mol. The lowest BCUT2D eigenvalue weighted by molar-refractivity contribution is 0.121. The van der Waals surface area contributed by atoms with Gasteiger partial charge in [0.05, 0.1) is 6.04 Å². The highest BCUT2D eigenvalue weighted by Crippen LogP contribution is 2.32. The van der Waals surface area contributed by atoms with E-state index in [-0.39, 0.29) is 18.2 Å². The topological polar surface area (TPSA) is 29.5 Å². The Morgan fingerprint density at radius 2 is 1.91 bits per heavy atom. The smallest absolute Gasteiger partial charge is 0.411 e. The molecule has 22 heavy (non-hydrogen) atoms. The van der Waals surface area contributed by atoms with Gasteiger partial charge in [-0.3, -0.25) is 4.90 Å². The van der Waals surface area contributed by atoms with Crippen molar-refractivity contribution in [2.75, 3.05) is 0 Å². The third kappa shape index (κ3) is 3.18. The van der Waals surface area contributed by atoms with Gasteiger partial charge < -0.3 is 4.74 Å². The van der Waals surface area contributed by atoms with E-state index >= 15 is 0 Å². The van der Waals surface area contributed by atoms with E-state index in [0.717, 1.165) is 25.7 Å². The first kappa shape index (κ1) is 15.1. The summed E-state index contributed by atoms with van der Waals surface area (Å²) < 4.78 is 5.67. The molecule has 0 unspecified atom stereocenters. The zero-order valence-corrected chi connectivity index (χ0v) is 13.1. The van der Waals surface area contributed by atoms with Crippen molar-refractivity contribution in [1.82, 2.24) is 4.90 Å². The van der Waals surface area contributed by atoms with E-state index in [1.54, 1.807) is 0 Å². The second kappa shape index (κ2) is 6.99. The molecule has 1 saturated carbocycles. The van der Waals surface area contributed by atoms with Gasteiger partial charge in [0.15, 0.2) is 0 Å². The standard InChI is InChI=1S/C19H25NO2/c1-2-17-18(14-13-15-9-5-3-6-10-15)22-19(21)20(17)16-11-7-4-8-12-16/h2-3,5-6,9-10,16-18H,1,4,7-8,11-14H2/t17-,18+/m1/s1. The number of hydrogen-bond donors (Lipinski definition) is 0. The van der Waals surface area contributed by atoms with Crippen LogP contribution >= 0.6 is 0 Å². The highest BCUT2D eigenvalue weighted by atomic mass is 16.6. The molecule has 1 saturated heterocycles. The second-order valence-corrected chi connectivity index (χ2v) is 6.37. The molecule has 1 aliphatic carbocycles. The SMILES string of the molecule is C=C[C@@H]1[C@H](CCc2ccccc2)OC(=O)N1C1CCCCC1. The van der Waals surface area contributed by atoms with Crippen LogP contribution in [0.2, 0.25) is 0 Å². The Kier molecular flexibility index (Phi) is 4.81. The molecule has 1 heterocycles. The number of amides is 1. The summed E-state index contributed by atoms with van der Waals surface area (Å²) in [6, 6.07) is 10.7. The summed E-state index contributed by atoms with van der Waals surface area (Å²) in [5.41, 5.74) is 1.29. The fourth-order valence-corrected chi connectivity index (χ4v) is 3.76. The van der Waals surface area contributed by atoms with E-state index in [0.29, 0.717) is 6.04 Å². The second-order valence-electron chi connectivity index (χ2n) is 6.37. The first-order valence-electron chi connectivity index (χ1n) is 8.45. The Labute approximate surface area is 133 Å². The largest absolute Gasteiger partial charge is 0.444 e. The van der Waals surface area contributed by atoms with E-state index in [4.69, 9.17) is 4.74 Å². The number of nitrogens with zero attached hydrogens (tertiary/aromatic N) is 1. The number of rotatable bonds is 5. The van der Waals surface area contributed by atoms with Crippen molar-refractivity contribution < 1.29 is 9.53 Å². The molecule has 3 nitrogen and oxygen atoms in total. The van der Waals surface area contributed by atoms with Gasteiger partial charge in [0.1, 0.15) is 6.10 Å². The Balaban J connectivity index is 1.65. The lowest BCUT2D eigenvalue weighted by atomic mass is 9.92. The predicted octanol–water partition coefficient (Wildman–Crippen LogP) is 4.33. The van der Waals surface area contributed by atoms with Crippen molar-refractivity contribution in [2.45, 2.75) is 63.1 Å². The van der Waals surface area contributed by atoms with Crippen molar-refractivity contribution in [3.05, 3.63) is 48.6 Å². The molecule has 0 N–H and O–H groups in total. The summed E-state index contributed by atoms with van der Waals surface area (Å²) in [4.78, 5) is 14.3. The van der Waals surface area contributed by atoms with Gasteiger partial charge in [-0.1, -0.05) is 55.7 Å². The fraction of sp³-hybridized carbons (Fsp3) is 0.526. The first-order chi connectivity index (χ1) is 10.8. The molecule has 0 radical (unpaired) electrons. The van der Waals surface area contributed by atoms with Crippen molar-refractivity contribution in [3.63, 3.8) is 0 Å². The molecule has 0 aromatic heterocycles. The van der Waals surface area contributed by atoms with E-state index in [1.807, 2.05) is 17.0 Å². The molecule has 0 bridgehead atoms. The average molecular weight is 299 g/mol. The van der Waals surface area contributed by atoms with Crippen molar-refractivity contribution in [3.8, 4) is 0 Å². The fourth-order valence-electron chi connectivity index (χ4n) is 3.76. The molecule has 2 fully saturated rings. The maximum atomic E-state index is 12.3. The highest BCUT2D eigenvalue weighted by molar-refractivity contribution is 5.71. The summed E-state index contributed by atoms with van der Waals surface area (Å²) in [5, 5.41) is 0. The quantitative estimate of drug-likeness (QED) is 0.757. The third-order valence-corrected chi connectivity index (χ3v) is 4.94. The number of benzene rings is 1. The van der Waals surface area contributed by atoms with Gasteiger partial charge in [0.25, 0.3) is 0 Å². The average Bonchev–Trinajstić information content (AvgIpc) is 2.90. The Bertz CT molecular complexity index is 507. The Morgan fingerprint density at radius 3 is 2.59 bits per heavy atom. The van der Waals surface area contributed by atoms with Crippen LogP contribution in [0.1, 0.15) is 44.1 Å². The Hall–Kier alpha value is -1.77. The van der Waals surface area contributed by atoms with Crippen LogP contribution in [0.15, 0.2) is 43.0 Å². The first-order valence-corrected chi connectivity index (χ1v) is 8.45. The highest BCUT2D eigenvalue weighted by Gasteiger charge is 2.43. The molecule has 1 amide bonds.